The Morgan fingerprint density at radius 3 is 3.00 bits per heavy atom. The molecule has 66 valence electrons. The molecule has 2 N–H and O–H groups in total. The summed E-state index contributed by atoms with van der Waals surface area (Å²) in [6.45, 7) is 0. The number of nitriles is 1. The molecule has 0 saturated carbocycles. The number of aromatic nitrogens is 2. The van der Waals surface area contributed by atoms with E-state index < -0.39 is 6.04 Å². The normalized spacial score (nSPS) is 11.6. The Morgan fingerprint density at radius 2 is 2.38 bits per heavy atom. The third kappa shape index (κ3) is 2.29. The van der Waals surface area contributed by atoms with Gasteiger partial charge in [-0.05, 0) is 0 Å². The molecule has 5 heteroatoms. The van der Waals surface area contributed by atoms with E-state index in [-0.39, 0.29) is 18.2 Å². The van der Waals surface area contributed by atoms with Gasteiger partial charge in [-0.3, -0.25) is 0 Å². The van der Waals surface area contributed by atoms with E-state index in [0.29, 0.717) is 6.42 Å². The summed E-state index contributed by atoms with van der Waals surface area (Å²) in [5.41, 5.74) is 5.59. The van der Waals surface area contributed by atoms with Crippen LogP contribution in [0.15, 0.2) is 4.42 Å². The molecule has 0 radical (unpaired) electrons. The van der Waals surface area contributed by atoms with E-state index in [1.165, 1.54) is 0 Å². The topological polar surface area (TPSA) is 88.7 Å². The van der Waals surface area contributed by atoms with Crippen molar-refractivity contribution in [2.45, 2.75) is 18.9 Å². The molecule has 0 aromatic carbocycles. The van der Waals surface area contributed by atoms with Crippen molar-refractivity contribution in [3.8, 4) is 18.4 Å². The monoisotopic (exact) mass is 176 g/mol. The predicted molar refractivity (Wildman–Crippen MR) is 44.0 cm³/mol. The van der Waals surface area contributed by atoms with Gasteiger partial charge in [0.25, 0.3) is 0 Å². The minimum Gasteiger partial charge on any atom is -0.422 e. The Labute approximate surface area is 75.6 Å². The highest BCUT2D eigenvalue weighted by atomic mass is 16.4. The predicted octanol–water partition coefficient (Wildman–Crippen LogP) is 0.159. The smallest absolute Gasteiger partial charge is 0.234 e. The fraction of sp³-hybridized carbons (Fsp3) is 0.375. The molecule has 1 heterocycles. The van der Waals surface area contributed by atoms with E-state index >= 15 is 0 Å². The lowest BCUT2D eigenvalue weighted by atomic mass is 10.2. The molecule has 1 atom stereocenters. The molecule has 0 amide bonds. The maximum atomic E-state index is 8.33. The van der Waals surface area contributed by atoms with Gasteiger partial charge in [0, 0.05) is 6.42 Å². The maximum absolute atomic E-state index is 8.33. The van der Waals surface area contributed by atoms with Crippen molar-refractivity contribution in [2.75, 3.05) is 0 Å². The SMILES string of the molecule is C#CC[C@H](N)c1nnc(CC#N)o1. The van der Waals surface area contributed by atoms with Crippen molar-refractivity contribution in [3.63, 3.8) is 0 Å². The first kappa shape index (κ1) is 9.24. The molecule has 0 unspecified atom stereocenters. The van der Waals surface area contributed by atoms with Crippen molar-refractivity contribution >= 4 is 0 Å². The quantitative estimate of drug-likeness (QED) is 0.662. The van der Waals surface area contributed by atoms with E-state index in [0.717, 1.165) is 0 Å². The summed E-state index contributed by atoms with van der Waals surface area (Å²) in [7, 11) is 0. The third-order valence-corrected chi connectivity index (χ3v) is 1.37. The van der Waals surface area contributed by atoms with Crippen LogP contribution in [0.25, 0.3) is 0 Å². The van der Waals surface area contributed by atoms with Crippen LogP contribution >= 0.6 is 0 Å². The molecule has 1 aromatic rings. The molecule has 1 rings (SSSR count). The Morgan fingerprint density at radius 1 is 1.62 bits per heavy atom. The fourth-order valence-corrected chi connectivity index (χ4v) is 0.770. The van der Waals surface area contributed by atoms with Crippen LogP contribution in [-0.4, -0.2) is 10.2 Å². The zero-order chi connectivity index (χ0) is 9.68. The molecular formula is C8H8N4O. The molecule has 0 aliphatic rings. The van der Waals surface area contributed by atoms with E-state index in [9.17, 15) is 0 Å². The van der Waals surface area contributed by atoms with Gasteiger partial charge < -0.3 is 10.2 Å². The van der Waals surface area contributed by atoms with E-state index in [2.05, 4.69) is 16.1 Å². The number of nitrogens with zero attached hydrogens (tertiary/aromatic N) is 3. The minimum absolute atomic E-state index is 0.0930. The van der Waals surface area contributed by atoms with Crippen LogP contribution in [0.2, 0.25) is 0 Å². The van der Waals surface area contributed by atoms with Gasteiger partial charge in [0.05, 0.1) is 12.1 Å². The summed E-state index contributed by atoms with van der Waals surface area (Å²) in [5, 5.41) is 15.6. The Bertz CT molecular complexity index is 357. The van der Waals surface area contributed by atoms with E-state index in [1.54, 1.807) is 0 Å². The zero-order valence-electron chi connectivity index (χ0n) is 6.90. The van der Waals surface area contributed by atoms with Crippen molar-refractivity contribution in [1.82, 2.24) is 10.2 Å². The summed E-state index contributed by atoms with van der Waals surface area (Å²) in [6.07, 6.45) is 5.49. The number of hydrogen-bond acceptors (Lipinski definition) is 5. The maximum Gasteiger partial charge on any atom is 0.234 e. The third-order valence-electron chi connectivity index (χ3n) is 1.37. The zero-order valence-corrected chi connectivity index (χ0v) is 6.90. The summed E-state index contributed by atoms with van der Waals surface area (Å²) in [6, 6.07) is 1.45. The highest BCUT2D eigenvalue weighted by Crippen LogP contribution is 2.11. The van der Waals surface area contributed by atoms with Gasteiger partial charge in [-0.15, -0.1) is 22.5 Å². The number of terminal acetylenes is 1. The van der Waals surface area contributed by atoms with Gasteiger partial charge in [0.15, 0.2) is 0 Å². The first-order chi connectivity index (χ1) is 6.27. The largest absolute Gasteiger partial charge is 0.422 e. The fourth-order valence-electron chi connectivity index (χ4n) is 0.770. The van der Waals surface area contributed by atoms with Crippen LogP contribution in [0.4, 0.5) is 0 Å². The van der Waals surface area contributed by atoms with Gasteiger partial charge in [-0.25, -0.2) is 0 Å². The molecule has 0 fully saturated rings. The molecule has 5 nitrogen and oxygen atoms in total. The van der Waals surface area contributed by atoms with Crippen LogP contribution in [0.5, 0.6) is 0 Å². The molecule has 0 spiro atoms. The van der Waals surface area contributed by atoms with Crippen LogP contribution < -0.4 is 5.73 Å². The Kier molecular flexibility index (Phi) is 3.02. The molecule has 0 aliphatic carbocycles. The standard InChI is InChI=1S/C8H8N4O/c1-2-3-6(10)8-12-11-7(13-8)4-5-9/h1,6H,3-4,10H2/t6-/m0/s1. The van der Waals surface area contributed by atoms with Gasteiger partial charge in [-0.1, -0.05) is 0 Å². The Hall–Kier alpha value is -1.85. The van der Waals surface area contributed by atoms with Crippen LogP contribution in [0, 0.1) is 23.7 Å². The molecule has 0 saturated heterocycles. The van der Waals surface area contributed by atoms with Gasteiger partial charge in [0.2, 0.25) is 11.8 Å². The summed E-state index contributed by atoms with van der Waals surface area (Å²) < 4.78 is 5.07. The lowest BCUT2D eigenvalue weighted by Crippen LogP contribution is -2.09. The van der Waals surface area contributed by atoms with Gasteiger partial charge in [-0.2, -0.15) is 5.26 Å². The second-order valence-electron chi connectivity index (χ2n) is 2.38. The molecule has 0 bridgehead atoms. The highest BCUT2D eigenvalue weighted by Gasteiger charge is 2.12. The average Bonchev–Trinajstić information content (AvgIpc) is 2.54. The Balaban J connectivity index is 2.70. The number of hydrogen-bond donors (Lipinski definition) is 1. The summed E-state index contributed by atoms with van der Waals surface area (Å²) in [4.78, 5) is 0. The van der Waals surface area contributed by atoms with Gasteiger partial charge in [0.1, 0.15) is 6.42 Å². The molecular weight excluding hydrogens is 168 g/mol. The first-order valence-corrected chi connectivity index (χ1v) is 3.66. The number of nitrogens with two attached hydrogens (primary N) is 1. The van der Waals surface area contributed by atoms with Crippen LogP contribution in [-0.2, 0) is 6.42 Å². The highest BCUT2D eigenvalue weighted by molar-refractivity contribution is 4.98. The number of rotatable bonds is 3. The van der Waals surface area contributed by atoms with Crippen molar-refractivity contribution in [1.29, 1.82) is 5.26 Å². The molecule has 1 aromatic heterocycles. The molecule has 0 aliphatic heterocycles. The van der Waals surface area contributed by atoms with Crippen molar-refractivity contribution in [3.05, 3.63) is 11.8 Å². The van der Waals surface area contributed by atoms with Crippen LogP contribution in [0.1, 0.15) is 24.2 Å². The summed E-state index contributed by atoms with van der Waals surface area (Å²) >= 11 is 0. The second kappa shape index (κ2) is 4.24. The average molecular weight is 176 g/mol. The van der Waals surface area contributed by atoms with Crippen molar-refractivity contribution in [2.24, 2.45) is 5.73 Å². The van der Waals surface area contributed by atoms with E-state index in [1.807, 2.05) is 6.07 Å². The van der Waals surface area contributed by atoms with Gasteiger partial charge >= 0.3 is 0 Å². The molecule has 13 heavy (non-hydrogen) atoms. The van der Waals surface area contributed by atoms with Crippen LogP contribution in [0.3, 0.4) is 0 Å². The van der Waals surface area contributed by atoms with E-state index in [4.69, 9.17) is 21.8 Å². The minimum atomic E-state index is -0.440. The van der Waals surface area contributed by atoms with Crippen molar-refractivity contribution < 1.29 is 4.42 Å². The summed E-state index contributed by atoms with van der Waals surface area (Å²) in [5.74, 6) is 2.94. The lowest BCUT2D eigenvalue weighted by molar-refractivity contribution is 0.427. The lowest BCUT2D eigenvalue weighted by Gasteiger charge is -1.99. The second-order valence-corrected chi connectivity index (χ2v) is 2.38. The first-order valence-electron chi connectivity index (χ1n) is 3.66.